The van der Waals surface area contributed by atoms with E-state index in [1.165, 1.54) is 25.9 Å². The number of rotatable bonds is 5. The smallest absolute Gasteiger partial charge is 0.352 e. The van der Waals surface area contributed by atoms with Crippen LogP contribution in [0.2, 0.25) is 0 Å². The van der Waals surface area contributed by atoms with E-state index in [0.717, 1.165) is 5.56 Å². The van der Waals surface area contributed by atoms with Crippen LogP contribution in [0.25, 0.3) is 22.3 Å². The van der Waals surface area contributed by atoms with Crippen LogP contribution >= 0.6 is 0 Å². The predicted octanol–water partition coefficient (Wildman–Crippen LogP) is 3.42. The van der Waals surface area contributed by atoms with E-state index < -0.39 is 23.7 Å². The van der Waals surface area contributed by atoms with Crippen LogP contribution in [0, 0.1) is 12.7 Å². The Kier molecular flexibility index (Phi) is 5.56. The number of aromatic nitrogens is 4. The van der Waals surface area contributed by atoms with Crippen LogP contribution < -0.4 is 11.2 Å². The molecule has 2 heterocycles. The van der Waals surface area contributed by atoms with Gasteiger partial charge in [-0.25, -0.2) is 9.18 Å². The fraction of sp³-hybridized carbons (Fsp3) is 0.292. The van der Waals surface area contributed by atoms with Gasteiger partial charge in [0.1, 0.15) is 12.4 Å². The molecular weight excluding hydrogens is 411 g/mol. The molecule has 4 rings (SSSR count). The molecule has 0 aliphatic carbocycles. The van der Waals surface area contributed by atoms with Crippen LogP contribution in [0.1, 0.15) is 43.6 Å². The van der Waals surface area contributed by atoms with E-state index in [1.807, 2.05) is 32.9 Å². The summed E-state index contributed by atoms with van der Waals surface area (Å²) in [6.45, 7) is 7.45. The Morgan fingerprint density at radius 1 is 1.09 bits per heavy atom. The van der Waals surface area contributed by atoms with Crippen LogP contribution in [0.15, 0.2) is 52.1 Å². The number of aliphatic hydroxyl groups excluding tert-OH is 1. The first-order chi connectivity index (χ1) is 15.3. The summed E-state index contributed by atoms with van der Waals surface area (Å²) in [6.07, 6.45) is 0. The minimum absolute atomic E-state index is 0.120. The maximum absolute atomic E-state index is 14.2. The van der Waals surface area contributed by atoms with E-state index in [0.29, 0.717) is 29.0 Å². The Bertz CT molecular complexity index is 1450. The topological polar surface area (TPSA) is 82.0 Å². The number of fused-ring (bicyclic) bond motifs is 1. The van der Waals surface area contributed by atoms with Crippen LogP contribution in [0.3, 0.4) is 0 Å². The number of para-hydroxylation sites is 1. The zero-order valence-corrected chi connectivity index (χ0v) is 18.5. The monoisotopic (exact) mass is 436 g/mol. The maximum atomic E-state index is 14.2. The summed E-state index contributed by atoms with van der Waals surface area (Å²) in [5, 5.41) is 14.9. The largest absolute Gasteiger partial charge is 0.388 e. The van der Waals surface area contributed by atoms with Crippen molar-refractivity contribution in [1.82, 2.24) is 18.9 Å². The second-order valence-electron chi connectivity index (χ2n) is 8.02. The van der Waals surface area contributed by atoms with Crippen LogP contribution in [0.5, 0.6) is 0 Å². The highest BCUT2D eigenvalue weighted by atomic mass is 19.1. The zero-order chi connectivity index (χ0) is 23.2. The third-order valence-electron chi connectivity index (χ3n) is 5.69. The lowest BCUT2D eigenvalue weighted by atomic mass is 9.96. The molecule has 0 spiro atoms. The second-order valence-corrected chi connectivity index (χ2v) is 8.02. The molecule has 0 fully saturated rings. The summed E-state index contributed by atoms with van der Waals surface area (Å²) >= 11 is 0. The van der Waals surface area contributed by atoms with Crippen molar-refractivity contribution in [3.8, 4) is 11.5 Å². The molecule has 4 aromatic rings. The van der Waals surface area contributed by atoms with E-state index >= 15 is 0 Å². The van der Waals surface area contributed by atoms with Crippen molar-refractivity contribution in [2.75, 3.05) is 0 Å². The van der Waals surface area contributed by atoms with Gasteiger partial charge in [-0.15, -0.1) is 5.10 Å². The molecule has 0 atom stereocenters. The molecule has 0 saturated carbocycles. The average molecular weight is 436 g/mol. The highest BCUT2D eigenvalue weighted by Gasteiger charge is 2.26. The average Bonchev–Trinajstić information content (AvgIpc) is 3.09. The molecule has 0 bridgehead atoms. The van der Waals surface area contributed by atoms with Crippen molar-refractivity contribution in [3.05, 3.63) is 86.1 Å². The Hall–Kier alpha value is -3.52. The van der Waals surface area contributed by atoms with Crippen molar-refractivity contribution < 1.29 is 9.50 Å². The number of aryl methyl sites for hydroxylation is 1. The number of hydrogen-bond acceptors (Lipinski definition) is 4. The molecule has 0 saturated heterocycles. The summed E-state index contributed by atoms with van der Waals surface area (Å²) < 4.78 is 18.1. The van der Waals surface area contributed by atoms with Gasteiger partial charge < -0.3 is 5.11 Å². The van der Waals surface area contributed by atoms with Gasteiger partial charge in [-0.2, -0.15) is 4.68 Å². The quantitative estimate of drug-likeness (QED) is 0.520. The number of aliphatic hydroxyl groups is 1. The number of hydrogen-bond donors (Lipinski definition) is 1. The van der Waals surface area contributed by atoms with E-state index in [9.17, 15) is 19.1 Å². The molecule has 0 aliphatic rings. The van der Waals surface area contributed by atoms with Gasteiger partial charge in [0.2, 0.25) is 0 Å². The van der Waals surface area contributed by atoms with Gasteiger partial charge in [-0.05, 0) is 48.9 Å². The molecule has 0 amide bonds. The van der Waals surface area contributed by atoms with Crippen LogP contribution in [-0.4, -0.2) is 24.0 Å². The Morgan fingerprint density at radius 3 is 2.41 bits per heavy atom. The number of pyridine rings is 1. The summed E-state index contributed by atoms with van der Waals surface area (Å²) in [5.74, 6) is -0.131. The number of nitrogens with zero attached hydrogens (tertiary/aromatic N) is 4. The predicted molar refractivity (Wildman–Crippen MR) is 121 cm³/mol. The van der Waals surface area contributed by atoms with Gasteiger partial charge in [-0.3, -0.25) is 13.9 Å². The lowest BCUT2D eigenvalue weighted by molar-refractivity contribution is 0.264. The molecular formula is C24H25FN4O3. The Labute approximate surface area is 184 Å². The summed E-state index contributed by atoms with van der Waals surface area (Å²) in [5.41, 5.74) is 1.17. The lowest BCUT2D eigenvalue weighted by Gasteiger charge is -2.22. The molecule has 8 heteroatoms. The minimum Gasteiger partial charge on any atom is -0.388 e. The zero-order valence-electron chi connectivity index (χ0n) is 18.5. The third-order valence-corrected chi connectivity index (χ3v) is 5.69. The highest BCUT2D eigenvalue weighted by Crippen LogP contribution is 2.31. The van der Waals surface area contributed by atoms with E-state index in [4.69, 9.17) is 0 Å². The fourth-order valence-electron chi connectivity index (χ4n) is 4.21. The van der Waals surface area contributed by atoms with Crippen molar-refractivity contribution in [3.63, 3.8) is 0 Å². The van der Waals surface area contributed by atoms with Crippen molar-refractivity contribution >= 4 is 10.8 Å². The number of halogens is 1. The summed E-state index contributed by atoms with van der Waals surface area (Å²) in [7, 11) is 0. The summed E-state index contributed by atoms with van der Waals surface area (Å²) in [6, 6.07) is 11.4. The van der Waals surface area contributed by atoms with E-state index in [-0.39, 0.29) is 17.1 Å². The molecule has 0 aliphatic heterocycles. The van der Waals surface area contributed by atoms with Crippen molar-refractivity contribution in [1.29, 1.82) is 0 Å². The first-order valence-electron chi connectivity index (χ1n) is 10.5. The second kappa shape index (κ2) is 8.20. The normalized spacial score (nSPS) is 11.6. The molecule has 0 radical (unpaired) electrons. The molecule has 0 unspecified atom stereocenters. The van der Waals surface area contributed by atoms with Gasteiger partial charge in [0.05, 0.1) is 11.1 Å². The van der Waals surface area contributed by atoms with E-state index in [2.05, 4.69) is 5.10 Å². The first kappa shape index (κ1) is 21.7. The summed E-state index contributed by atoms with van der Waals surface area (Å²) in [4.78, 5) is 27.0. The van der Waals surface area contributed by atoms with E-state index in [1.54, 1.807) is 25.1 Å². The highest BCUT2D eigenvalue weighted by molar-refractivity contribution is 5.88. The Morgan fingerprint density at radius 2 is 1.81 bits per heavy atom. The molecule has 7 nitrogen and oxygen atoms in total. The maximum Gasteiger partial charge on any atom is 0.352 e. The first-order valence-corrected chi connectivity index (χ1v) is 10.5. The molecule has 2 aromatic carbocycles. The van der Waals surface area contributed by atoms with Crippen molar-refractivity contribution in [2.24, 2.45) is 0 Å². The van der Waals surface area contributed by atoms with Gasteiger partial charge >= 0.3 is 5.69 Å². The SMILES string of the molecule is CCn1c(CO)nn(-c2c(C(C)C)c3ccc(F)cc3c(=O)n2-c2ccccc2C)c1=O. The standard InChI is InChI=1S/C24H25FN4O3/c1-5-27-20(13-30)26-29(24(27)32)22-21(14(2)3)17-11-10-16(25)12-18(17)23(31)28(22)19-9-7-6-8-15(19)4/h6-12,14,30H,5,13H2,1-4H3. The third kappa shape index (κ3) is 3.27. The number of benzene rings is 2. The van der Waals surface area contributed by atoms with Gasteiger partial charge in [-0.1, -0.05) is 38.1 Å². The molecule has 166 valence electrons. The van der Waals surface area contributed by atoms with Crippen LogP contribution in [0.4, 0.5) is 4.39 Å². The lowest BCUT2D eigenvalue weighted by Crippen LogP contribution is -2.32. The van der Waals surface area contributed by atoms with Gasteiger partial charge in [0.25, 0.3) is 5.56 Å². The van der Waals surface area contributed by atoms with Gasteiger partial charge in [0.15, 0.2) is 11.6 Å². The molecule has 2 aromatic heterocycles. The molecule has 1 N–H and O–H groups in total. The fourth-order valence-corrected chi connectivity index (χ4v) is 4.21. The minimum atomic E-state index is -0.511. The molecule has 32 heavy (non-hydrogen) atoms. The Balaban J connectivity index is 2.30. The van der Waals surface area contributed by atoms with Crippen LogP contribution in [-0.2, 0) is 13.2 Å². The van der Waals surface area contributed by atoms with Gasteiger partial charge in [0, 0.05) is 12.1 Å². The van der Waals surface area contributed by atoms with Crippen molar-refractivity contribution in [2.45, 2.75) is 46.8 Å².